The number of hydrogen-bond acceptors (Lipinski definition) is 4. The van der Waals surface area contributed by atoms with Crippen LogP contribution in [0.15, 0.2) is 22.2 Å². The molecule has 0 aliphatic rings. The molecular formula is C12H14BrN3S. The Hall–Kier alpha value is -0.940. The first-order chi connectivity index (χ1) is 8.08. The van der Waals surface area contributed by atoms with Gasteiger partial charge in [0.1, 0.15) is 5.82 Å². The Kier molecular flexibility index (Phi) is 3.79. The largest absolute Gasteiger partial charge is 0.354 e. The normalized spacial score (nSPS) is 10.6. The second-order valence-electron chi connectivity index (χ2n) is 4.01. The van der Waals surface area contributed by atoms with Gasteiger partial charge in [0.15, 0.2) is 0 Å². The van der Waals surface area contributed by atoms with Gasteiger partial charge in [-0.15, -0.1) is 11.3 Å². The Labute approximate surface area is 114 Å². The van der Waals surface area contributed by atoms with Crippen LogP contribution in [0.25, 0.3) is 0 Å². The van der Waals surface area contributed by atoms with Gasteiger partial charge in [0.25, 0.3) is 0 Å². The summed E-state index contributed by atoms with van der Waals surface area (Å²) < 4.78 is 1.05. The van der Waals surface area contributed by atoms with Gasteiger partial charge in [-0.25, -0.2) is 9.97 Å². The molecule has 0 N–H and O–H groups in total. The number of hydrogen-bond donors (Lipinski definition) is 0. The summed E-state index contributed by atoms with van der Waals surface area (Å²) in [6.07, 6.45) is 1.85. The quantitative estimate of drug-likeness (QED) is 0.868. The van der Waals surface area contributed by atoms with Gasteiger partial charge in [0.2, 0.25) is 0 Å². The van der Waals surface area contributed by atoms with Crippen LogP contribution in [-0.4, -0.2) is 17.0 Å². The first-order valence-electron chi connectivity index (χ1n) is 5.30. The molecule has 0 atom stereocenters. The number of halogens is 1. The Morgan fingerprint density at radius 1 is 1.35 bits per heavy atom. The van der Waals surface area contributed by atoms with Gasteiger partial charge >= 0.3 is 0 Å². The van der Waals surface area contributed by atoms with Crippen molar-refractivity contribution < 1.29 is 0 Å². The van der Waals surface area contributed by atoms with Crippen LogP contribution in [0.4, 0.5) is 5.82 Å². The van der Waals surface area contributed by atoms with Crippen LogP contribution in [-0.2, 0) is 6.54 Å². The summed E-state index contributed by atoms with van der Waals surface area (Å²) >= 11 is 5.15. The van der Waals surface area contributed by atoms with E-state index < -0.39 is 0 Å². The van der Waals surface area contributed by atoms with Crippen molar-refractivity contribution in [3.8, 4) is 0 Å². The lowest BCUT2D eigenvalue weighted by Crippen LogP contribution is -2.17. The van der Waals surface area contributed by atoms with Crippen molar-refractivity contribution >= 4 is 33.1 Å². The number of rotatable bonds is 3. The minimum atomic E-state index is 0.852. The van der Waals surface area contributed by atoms with Gasteiger partial charge in [-0.3, -0.25) is 0 Å². The molecule has 0 bridgehead atoms. The maximum atomic E-state index is 4.41. The summed E-state index contributed by atoms with van der Waals surface area (Å²) in [5.41, 5.74) is 4.19. The highest BCUT2D eigenvalue weighted by Crippen LogP contribution is 2.22. The fourth-order valence-corrected chi connectivity index (χ4v) is 2.55. The van der Waals surface area contributed by atoms with Gasteiger partial charge in [0, 0.05) is 22.6 Å². The Bertz CT molecular complexity index is 524. The van der Waals surface area contributed by atoms with E-state index in [1.807, 2.05) is 18.6 Å². The lowest BCUT2D eigenvalue weighted by atomic mass is 10.3. The number of aromatic nitrogens is 2. The summed E-state index contributed by atoms with van der Waals surface area (Å²) in [6, 6.07) is 2.08. The maximum Gasteiger partial charge on any atom is 0.128 e. The molecule has 0 aromatic carbocycles. The van der Waals surface area contributed by atoms with Gasteiger partial charge in [-0.1, -0.05) is 0 Å². The SMILES string of the molecule is Cc1cc(N(C)Cc2scnc2C)ncc1Br. The molecule has 0 saturated carbocycles. The third-order valence-corrected chi connectivity index (χ3v) is 4.40. The summed E-state index contributed by atoms with van der Waals surface area (Å²) in [7, 11) is 2.05. The molecule has 90 valence electrons. The zero-order chi connectivity index (χ0) is 12.4. The van der Waals surface area contributed by atoms with E-state index in [0.29, 0.717) is 0 Å². The van der Waals surface area contributed by atoms with Crippen molar-refractivity contribution in [1.82, 2.24) is 9.97 Å². The van der Waals surface area contributed by atoms with E-state index in [1.165, 1.54) is 10.4 Å². The number of pyridine rings is 1. The summed E-state index contributed by atoms with van der Waals surface area (Å²) in [5.74, 6) is 0.985. The van der Waals surface area contributed by atoms with Crippen molar-refractivity contribution in [2.45, 2.75) is 20.4 Å². The molecule has 0 radical (unpaired) electrons. The predicted octanol–water partition coefficient (Wildman–Crippen LogP) is 3.55. The number of nitrogens with zero attached hydrogens (tertiary/aromatic N) is 3. The molecule has 2 aromatic heterocycles. The lowest BCUT2D eigenvalue weighted by molar-refractivity contribution is 0.898. The number of anilines is 1. The first-order valence-corrected chi connectivity index (χ1v) is 6.97. The molecule has 0 aliphatic heterocycles. The van der Waals surface area contributed by atoms with E-state index in [-0.39, 0.29) is 0 Å². The van der Waals surface area contributed by atoms with E-state index in [2.05, 4.69) is 50.8 Å². The average molecular weight is 312 g/mol. The second kappa shape index (κ2) is 5.14. The maximum absolute atomic E-state index is 4.41. The molecule has 0 fully saturated rings. The van der Waals surface area contributed by atoms with Crippen molar-refractivity contribution in [3.05, 3.63) is 38.4 Å². The van der Waals surface area contributed by atoms with E-state index >= 15 is 0 Å². The van der Waals surface area contributed by atoms with Gasteiger partial charge in [0.05, 0.1) is 17.7 Å². The lowest BCUT2D eigenvalue weighted by Gasteiger charge is -2.18. The summed E-state index contributed by atoms with van der Waals surface area (Å²) in [6.45, 7) is 4.96. The topological polar surface area (TPSA) is 29.0 Å². The molecule has 5 heteroatoms. The number of aryl methyl sites for hydroxylation is 2. The summed E-state index contributed by atoms with van der Waals surface area (Å²) in [5, 5.41) is 0. The highest BCUT2D eigenvalue weighted by molar-refractivity contribution is 9.10. The fourth-order valence-electron chi connectivity index (χ4n) is 1.51. The standard InChI is InChI=1S/C12H14BrN3S/c1-8-4-12(14-5-10(8)13)16(3)6-11-9(2)15-7-17-11/h4-5,7H,6H2,1-3H3. The minimum absolute atomic E-state index is 0.852. The van der Waals surface area contributed by atoms with Crippen molar-refractivity contribution in [2.24, 2.45) is 0 Å². The highest BCUT2D eigenvalue weighted by Gasteiger charge is 2.08. The van der Waals surface area contributed by atoms with Gasteiger partial charge in [-0.2, -0.15) is 0 Å². The molecule has 0 aliphatic carbocycles. The average Bonchev–Trinajstić information content (AvgIpc) is 2.68. The van der Waals surface area contributed by atoms with Crippen molar-refractivity contribution in [2.75, 3.05) is 11.9 Å². The zero-order valence-corrected chi connectivity index (χ0v) is 12.5. The van der Waals surface area contributed by atoms with E-state index in [0.717, 1.165) is 22.5 Å². The van der Waals surface area contributed by atoms with Crippen LogP contribution in [0.2, 0.25) is 0 Å². The molecule has 2 aromatic rings. The van der Waals surface area contributed by atoms with Crippen LogP contribution in [0.5, 0.6) is 0 Å². The molecular weight excluding hydrogens is 298 g/mol. The van der Waals surface area contributed by atoms with Crippen LogP contribution in [0.1, 0.15) is 16.1 Å². The summed E-state index contributed by atoms with van der Waals surface area (Å²) in [4.78, 5) is 12.1. The fraction of sp³-hybridized carbons (Fsp3) is 0.333. The van der Waals surface area contributed by atoms with Crippen LogP contribution >= 0.6 is 27.3 Å². The monoisotopic (exact) mass is 311 g/mol. The Morgan fingerprint density at radius 2 is 2.12 bits per heavy atom. The molecule has 0 amide bonds. The van der Waals surface area contributed by atoms with E-state index in [1.54, 1.807) is 11.3 Å². The molecule has 0 unspecified atom stereocenters. The molecule has 3 nitrogen and oxygen atoms in total. The predicted molar refractivity (Wildman–Crippen MR) is 75.6 cm³/mol. The first kappa shape index (κ1) is 12.5. The minimum Gasteiger partial charge on any atom is -0.354 e. The van der Waals surface area contributed by atoms with Crippen molar-refractivity contribution in [1.29, 1.82) is 0 Å². The zero-order valence-electron chi connectivity index (χ0n) is 10.1. The third-order valence-electron chi connectivity index (χ3n) is 2.65. The Balaban J connectivity index is 2.17. The van der Waals surface area contributed by atoms with E-state index in [9.17, 15) is 0 Å². The van der Waals surface area contributed by atoms with Crippen molar-refractivity contribution in [3.63, 3.8) is 0 Å². The Morgan fingerprint density at radius 3 is 2.71 bits per heavy atom. The highest BCUT2D eigenvalue weighted by atomic mass is 79.9. The third kappa shape index (κ3) is 2.84. The van der Waals surface area contributed by atoms with Gasteiger partial charge in [-0.05, 0) is 41.4 Å². The molecule has 0 spiro atoms. The van der Waals surface area contributed by atoms with E-state index in [4.69, 9.17) is 0 Å². The molecule has 17 heavy (non-hydrogen) atoms. The van der Waals surface area contributed by atoms with Crippen LogP contribution in [0, 0.1) is 13.8 Å². The second-order valence-corrected chi connectivity index (χ2v) is 5.80. The molecule has 0 saturated heterocycles. The van der Waals surface area contributed by atoms with Crippen LogP contribution < -0.4 is 4.90 Å². The van der Waals surface area contributed by atoms with Crippen LogP contribution in [0.3, 0.4) is 0 Å². The van der Waals surface area contributed by atoms with Gasteiger partial charge < -0.3 is 4.90 Å². The number of thiazole rings is 1. The smallest absolute Gasteiger partial charge is 0.128 e. The molecule has 2 rings (SSSR count). The molecule has 2 heterocycles.